The Morgan fingerprint density at radius 1 is 1.21 bits per heavy atom. The summed E-state index contributed by atoms with van der Waals surface area (Å²) in [5.74, 6) is 1.06. The van der Waals surface area contributed by atoms with Crippen molar-refractivity contribution in [2.24, 2.45) is 0 Å². The van der Waals surface area contributed by atoms with Gasteiger partial charge in [0.05, 0.1) is 11.1 Å². The van der Waals surface area contributed by atoms with Crippen LogP contribution >= 0.6 is 0 Å². The molecule has 3 aromatic heterocycles. The van der Waals surface area contributed by atoms with Crippen LogP contribution in [-0.2, 0) is 6.42 Å². The minimum atomic E-state index is -0.674. The Hall–Kier alpha value is -2.44. The molecule has 2 N–H and O–H groups in total. The van der Waals surface area contributed by atoms with Gasteiger partial charge in [-0.15, -0.1) is 0 Å². The highest BCUT2D eigenvalue weighted by Crippen LogP contribution is 2.29. The van der Waals surface area contributed by atoms with Gasteiger partial charge >= 0.3 is 0 Å². The number of pyridine rings is 2. The Bertz CT molecular complexity index is 972. The summed E-state index contributed by atoms with van der Waals surface area (Å²) in [5.41, 5.74) is 3.80. The first-order valence-corrected chi connectivity index (χ1v) is 10.1. The number of hydrogen-bond donors (Lipinski definition) is 2. The normalized spacial score (nSPS) is 21.8. The smallest absolute Gasteiger partial charge is 0.128 e. The SMILES string of the molecule is CC(C)(O)CCc1cc(-c2ccc(N3CC4CC(C3)N4)nc2)c2ccnn2c1. The summed E-state index contributed by atoms with van der Waals surface area (Å²) < 4.78 is 1.92. The van der Waals surface area contributed by atoms with Crippen molar-refractivity contribution in [2.45, 2.75) is 50.8 Å². The number of piperazine rings is 1. The molecule has 0 aromatic carbocycles. The third-order valence-electron chi connectivity index (χ3n) is 5.89. The van der Waals surface area contributed by atoms with Crippen LogP contribution < -0.4 is 10.2 Å². The molecule has 3 aliphatic rings. The van der Waals surface area contributed by atoms with Crippen LogP contribution in [0.25, 0.3) is 16.6 Å². The summed E-state index contributed by atoms with van der Waals surface area (Å²) in [6, 6.07) is 9.79. The second-order valence-corrected chi connectivity index (χ2v) is 8.84. The Morgan fingerprint density at radius 2 is 2.00 bits per heavy atom. The first-order chi connectivity index (χ1) is 13.4. The zero-order valence-corrected chi connectivity index (χ0v) is 16.5. The molecule has 28 heavy (non-hydrogen) atoms. The van der Waals surface area contributed by atoms with Crippen molar-refractivity contribution in [2.75, 3.05) is 18.0 Å². The molecule has 0 spiro atoms. The average Bonchev–Trinajstić information content (AvgIpc) is 3.13. The van der Waals surface area contributed by atoms with Crippen molar-refractivity contribution in [1.29, 1.82) is 0 Å². The summed E-state index contributed by atoms with van der Waals surface area (Å²) in [6.07, 6.45) is 8.67. The van der Waals surface area contributed by atoms with Crippen molar-refractivity contribution < 1.29 is 5.11 Å². The zero-order valence-electron chi connectivity index (χ0n) is 16.5. The quantitative estimate of drug-likeness (QED) is 0.716. The second kappa shape index (κ2) is 6.57. The van der Waals surface area contributed by atoms with Gasteiger partial charge in [0, 0.05) is 54.9 Å². The van der Waals surface area contributed by atoms with Crippen LogP contribution in [0.1, 0.15) is 32.3 Å². The number of nitrogens with zero attached hydrogens (tertiary/aromatic N) is 4. The fraction of sp³-hybridized carbons (Fsp3) is 0.455. The van der Waals surface area contributed by atoms with Gasteiger partial charge in [-0.2, -0.15) is 5.10 Å². The van der Waals surface area contributed by atoms with E-state index in [0.717, 1.165) is 42.0 Å². The molecule has 3 aromatic rings. The molecule has 6 heterocycles. The van der Waals surface area contributed by atoms with Gasteiger partial charge in [-0.05, 0) is 62.9 Å². The van der Waals surface area contributed by atoms with Crippen molar-refractivity contribution >= 4 is 11.3 Å². The van der Waals surface area contributed by atoms with E-state index in [1.807, 2.05) is 36.8 Å². The number of aryl methyl sites for hydroxylation is 1. The average molecular weight is 377 g/mol. The topological polar surface area (TPSA) is 65.7 Å². The lowest BCUT2D eigenvalue weighted by molar-refractivity contribution is 0.0714. The lowest BCUT2D eigenvalue weighted by atomic mass is 9.91. The number of hydrogen-bond acceptors (Lipinski definition) is 5. The van der Waals surface area contributed by atoms with E-state index in [1.165, 1.54) is 12.0 Å². The van der Waals surface area contributed by atoms with Gasteiger partial charge in [-0.1, -0.05) is 0 Å². The summed E-state index contributed by atoms with van der Waals surface area (Å²) in [6.45, 7) is 5.79. The van der Waals surface area contributed by atoms with Gasteiger partial charge in [0.2, 0.25) is 0 Å². The van der Waals surface area contributed by atoms with E-state index in [-0.39, 0.29) is 0 Å². The molecule has 0 amide bonds. The summed E-state index contributed by atoms with van der Waals surface area (Å²) in [5, 5.41) is 18.1. The van der Waals surface area contributed by atoms with E-state index in [4.69, 9.17) is 4.98 Å². The molecule has 2 bridgehead atoms. The van der Waals surface area contributed by atoms with E-state index in [1.54, 1.807) is 0 Å². The van der Waals surface area contributed by atoms with Crippen LogP contribution in [0, 0.1) is 0 Å². The highest BCUT2D eigenvalue weighted by Gasteiger charge is 2.36. The first-order valence-electron chi connectivity index (χ1n) is 10.1. The number of aliphatic hydroxyl groups is 1. The maximum atomic E-state index is 10.1. The molecule has 2 atom stereocenters. The highest BCUT2D eigenvalue weighted by atomic mass is 16.3. The molecule has 6 nitrogen and oxygen atoms in total. The predicted octanol–water partition coefficient (Wildman–Crippen LogP) is 2.65. The van der Waals surface area contributed by atoms with Crippen LogP contribution in [0.15, 0.2) is 42.9 Å². The molecule has 3 fully saturated rings. The van der Waals surface area contributed by atoms with Gasteiger partial charge < -0.3 is 15.3 Å². The summed E-state index contributed by atoms with van der Waals surface area (Å²) >= 11 is 0. The fourth-order valence-corrected chi connectivity index (χ4v) is 4.34. The Labute approximate surface area is 165 Å². The van der Waals surface area contributed by atoms with Crippen molar-refractivity contribution in [3.63, 3.8) is 0 Å². The van der Waals surface area contributed by atoms with Gasteiger partial charge in [-0.3, -0.25) is 0 Å². The van der Waals surface area contributed by atoms with Crippen LogP contribution in [0.4, 0.5) is 5.82 Å². The van der Waals surface area contributed by atoms with Crippen molar-refractivity contribution in [3.8, 4) is 11.1 Å². The number of piperidine rings is 1. The number of nitrogens with one attached hydrogen (secondary N) is 1. The molecule has 0 aliphatic carbocycles. The molecule has 146 valence electrons. The van der Waals surface area contributed by atoms with E-state index >= 15 is 0 Å². The third kappa shape index (κ3) is 3.38. The molecule has 6 rings (SSSR count). The lowest BCUT2D eigenvalue weighted by Crippen LogP contribution is -2.67. The maximum absolute atomic E-state index is 10.1. The number of anilines is 1. The first kappa shape index (κ1) is 17.6. The van der Waals surface area contributed by atoms with E-state index in [2.05, 4.69) is 39.7 Å². The van der Waals surface area contributed by atoms with Gasteiger partial charge in [0.1, 0.15) is 5.82 Å². The van der Waals surface area contributed by atoms with E-state index in [9.17, 15) is 5.11 Å². The lowest BCUT2D eigenvalue weighted by Gasteiger charge is -2.48. The molecule has 3 aliphatic heterocycles. The second-order valence-electron chi connectivity index (χ2n) is 8.84. The van der Waals surface area contributed by atoms with Gasteiger partial charge in [0.25, 0.3) is 0 Å². The minimum Gasteiger partial charge on any atom is -0.390 e. The standard InChI is InChI=1S/C22H27N5O/c1-22(2,28)7-5-15-9-19(20-6-8-24-27(20)12-15)16-3-4-21(23-11-16)26-13-17-10-18(14-26)25-17/h3-4,6,8-9,11-12,17-18,25,28H,5,7,10,13-14H2,1-2H3. The number of fused-ring (bicyclic) bond motifs is 3. The molecular weight excluding hydrogens is 350 g/mol. The van der Waals surface area contributed by atoms with Crippen molar-refractivity contribution in [3.05, 3.63) is 48.4 Å². The molecular formula is C22H27N5O. The van der Waals surface area contributed by atoms with Crippen molar-refractivity contribution in [1.82, 2.24) is 19.9 Å². The molecule has 3 saturated heterocycles. The molecule has 0 radical (unpaired) electrons. The van der Waals surface area contributed by atoms with Crippen LogP contribution in [0.3, 0.4) is 0 Å². The Morgan fingerprint density at radius 3 is 2.68 bits per heavy atom. The number of aromatic nitrogens is 3. The highest BCUT2D eigenvalue weighted by molar-refractivity contribution is 5.80. The third-order valence-corrected chi connectivity index (χ3v) is 5.89. The van der Waals surface area contributed by atoms with Crippen LogP contribution in [0.2, 0.25) is 0 Å². The Balaban J connectivity index is 1.43. The van der Waals surface area contributed by atoms with Gasteiger partial charge in [0.15, 0.2) is 0 Å². The largest absolute Gasteiger partial charge is 0.390 e. The van der Waals surface area contributed by atoms with Gasteiger partial charge in [-0.25, -0.2) is 9.50 Å². The number of rotatable bonds is 5. The van der Waals surface area contributed by atoms with E-state index in [0.29, 0.717) is 18.5 Å². The Kier molecular flexibility index (Phi) is 4.14. The monoisotopic (exact) mass is 377 g/mol. The zero-order chi connectivity index (χ0) is 19.3. The molecule has 0 saturated carbocycles. The predicted molar refractivity (Wildman–Crippen MR) is 111 cm³/mol. The minimum absolute atomic E-state index is 0.624. The maximum Gasteiger partial charge on any atom is 0.128 e. The van der Waals surface area contributed by atoms with E-state index < -0.39 is 5.60 Å². The van der Waals surface area contributed by atoms with Crippen LogP contribution in [0.5, 0.6) is 0 Å². The fourth-order valence-electron chi connectivity index (χ4n) is 4.34. The summed E-state index contributed by atoms with van der Waals surface area (Å²) in [7, 11) is 0. The van der Waals surface area contributed by atoms with Crippen LogP contribution in [-0.4, -0.2) is 50.5 Å². The molecule has 2 unspecified atom stereocenters. The molecule has 6 heteroatoms. The summed E-state index contributed by atoms with van der Waals surface area (Å²) in [4.78, 5) is 7.15.